The summed E-state index contributed by atoms with van der Waals surface area (Å²) in [6.07, 6.45) is 6.33. The normalized spacial score (nSPS) is 16.5. The number of hydrogen-bond acceptors (Lipinski definition) is 1. The van der Waals surface area contributed by atoms with Gasteiger partial charge in [0.05, 0.1) is 0 Å². The van der Waals surface area contributed by atoms with Gasteiger partial charge in [0.2, 0.25) is 0 Å². The Bertz CT molecular complexity index is 666. The predicted octanol–water partition coefficient (Wildman–Crippen LogP) is 5.38. The highest BCUT2D eigenvalue weighted by atomic mass is 19.1. The molecule has 2 aromatic carbocycles. The molecule has 0 bridgehead atoms. The number of benzene rings is 2. The molecule has 0 spiro atoms. The maximum absolute atomic E-state index is 13.8. The van der Waals surface area contributed by atoms with Crippen LogP contribution in [0, 0.1) is 5.82 Å². The van der Waals surface area contributed by atoms with Gasteiger partial charge in [-0.25, -0.2) is 4.39 Å². The lowest BCUT2D eigenvalue weighted by molar-refractivity contribution is 0.251. The molecule has 1 nitrogen and oxygen atoms in total. The molecule has 1 fully saturated rings. The van der Waals surface area contributed by atoms with Crippen molar-refractivity contribution in [3.63, 3.8) is 0 Å². The van der Waals surface area contributed by atoms with Crippen LogP contribution >= 0.6 is 0 Å². The third-order valence-electron chi connectivity index (χ3n) is 4.63. The van der Waals surface area contributed by atoms with Crippen LogP contribution < -0.4 is 0 Å². The largest absolute Gasteiger partial charge is 0.300 e. The molecular weight excluding hydrogens is 285 g/mol. The van der Waals surface area contributed by atoms with E-state index in [4.69, 9.17) is 0 Å². The van der Waals surface area contributed by atoms with E-state index in [1.807, 2.05) is 24.3 Å². The Kier molecular flexibility index (Phi) is 5.24. The van der Waals surface area contributed by atoms with E-state index in [1.54, 1.807) is 6.07 Å². The van der Waals surface area contributed by atoms with Crippen LogP contribution in [0.25, 0.3) is 16.7 Å². The van der Waals surface area contributed by atoms with Crippen LogP contribution in [-0.4, -0.2) is 24.5 Å². The summed E-state index contributed by atoms with van der Waals surface area (Å²) >= 11 is 0. The van der Waals surface area contributed by atoms with Crippen molar-refractivity contribution < 1.29 is 4.39 Å². The van der Waals surface area contributed by atoms with Crippen LogP contribution in [0.3, 0.4) is 0 Å². The summed E-state index contributed by atoms with van der Waals surface area (Å²) in [6, 6.07) is 15.1. The minimum absolute atomic E-state index is 0.169. The van der Waals surface area contributed by atoms with E-state index in [-0.39, 0.29) is 5.82 Å². The van der Waals surface area contributed by atoms with Crippen LogP contribution in [0.1, 0.15) is 31.7 Å². The number of likely N-dealkylation sites (tertiary alicyclic amines) is 1. The van der Waals surface area contributed by atoms with Crippen molar-refractivity contribution in [1.82, 2.24) is 4.90 Å². The van der Waals surface area contributed by atoms with Crippen LogP contribution in [0.15, 0.2) is 54.6 Å². The third-order valence-corrected chi connectivity index (χ3v) is 4.63. The fourth-order valence-electron chi connectivity index (χ4n) is 3.13. The molecule has 23 heavy (non-hydrogen) atoms. The van der Waals surface area contributed by atoms with Gasteiger partial charge in [0.15, 0.2) is 0 Å². The summed E-state index contributed by atoms with van der Waals surface area (Å²) in [5.41, 5.74) is 4.09. The van der Waals surface area contributed by atoms with Gasteiger partial charge in [0, 0.05) is 12.1 Å². The van der Waals surface area contributed by atoms with Gasteiger partial charge in [-0.3, -0.25) is 4.90 Å². The average Bonchev–Trinajstić information content (AvgIpc) is 2.61. The molecule has 1 saturated heterocycles. The lowest BCUT2D eigenvalue weighted by Gasteiger charge is -2.25. The van der Waals surface area contributed by atoms with E-state index in [0.717, 1.165) is 12.1 Å². The van der Waals surface area contributed by atoms with Crippen molar-refractivity contribution in [2.24, 2.45) is 0 Å². The van der Waals surface area contributed by atoms with Gasteiger partial charge in [-0.05, 0) is 55.6 Å². The van der Waals surface area contributed by atoms with Crippen molar-refractivity contribution in [3.8, 4) is 11.1 Å². The molecule has 0 amide bonds. The molecule has 0 N–H and O–H groups in total. The van der Waals surface area contributed by atoms with Gasteiger partial charge in [-0.2, -0.15) is 0 Å². The van der Waals surface area contributed by atoms with Crippen LogP contribution in [0.2, 0.25) is 0 Å². The van der Waals surface area contributed by atoms with Crippen LogP contribution in [-0.2, 0) is 0 Å². The van der Waals surface area contributed by atoms with E-state index in [0.29, 0.717) is 5.56 Å². The molecule has 0 unspecified atom stereocenters. The van der Waals surface area contributed by atoms with Gasteiger partial charge < -0.3 is 0 Å². The Morgan fingerprint density at radius 1 is 1.00 bits per heavy atom. The summed E-state index contributed by atoms with van der Waals surface area (Å²) in [5, 5.41) is 0. The molecule has 1 heterocycles. The van der Waals surface area contributed by atoms with E-state index in [9.17, 15) is 4.39 Å². The number of hydrogen-bond donors (Lipinski definition) is 0. The summed E-state index contributed by atoms with van der Waals surface area (Å²) in [6.45, 7) is 5.62. The molecule has 1 aliphatic heterocycles. The maximum atomic E-state index is 13.8. The van der Waals surface area contributed by atoms with Gasteiger partial charge in [0.1, 0.15) is 5.82 Å². The molecule has 120 valence electrons. The lowest BCUT2D eigenvalue weighted by Crippen LogP contribution is -2.29. The van der Waals surface area contributed by atoms with E-state index in [1.165, 1.54) is 49.6 Å². The Balaban J connectivity index is 1.70. The van der Waals surface area contributed by atoms with Crippen molar-refractivity contribution in [3.05, 3.63) is 66.0 Å². The molecule has 0 radical (unpaired) electrons. The van der Waals surface area contributed by atoms with E-state index in [2.05, 4.69) is 30.0 Å². The molecule has 0 atom stereocenters. The summed E-state index contributed by atoms with van der Waals surface area (Å²) in [4.78, 5) is 2.51. The molecule has 3 rings (SSSR count). The first-order valence-electron chi connectivity index (χ1n) is 8.48. The Labute approximate surface area is 138 Å². The van der Waals surface area contributed by atoms with Gasteiger partial charge in [-0.15, -0.1) is 0 Å². The number of nitrogens with zero attached hydrogens (tertiary/aromatic N) is 1. The third kappa shape index (κ3) is 4.08. The summed E-state index contributed by atoms with van der Waals surface area (Å²) in [5.74, 6) is -0.169. The monoisotopic (exact) mass is 309 g/mol. The minimum Gasteiger partial charge on any atom is -0.300 e. The Morgan fingerprint density at radius 2 is 1.70 bits per heavy atom. The number of rotatable bonds is 4. The zero-order valence-electron chi connectivity index (χ0n) is 13.8. The minimum atomic E-state index is -0.169. The molecule has 2 heteroatoms. The quantitative estimate of drug-likeness (QED) is 0.732. The first-order valence-corrected chi connectivity index (χ1v) is 8.48. The smallest absolute Gasteiger partial charge is 0.131 e. The van der Waals surface area contributed by atoms with E-state index < -0.39 is 0 Å². The summed E-state index contributed by atoms with van der Waals surface area (Å²) in [7, 11) is 0. The fourth-order valence-corrected chi connectivity index (χ4v) is 3.13. The highest BCUT2D eigenvalue weighted by molar-refractivity contribution is 5.69. The predicted molar refractivity (Wildman–Crippen MR) is 95.8 cm³/mol. The van der Waals surface area contributed by atoms with Crippen molar-refractivity contribution in [2.75, 3.05) is 19.6 Å². The number of piperidine rings is 1. The van der Waals surface area contributed by atoms with E-state index >= 15 is 0 Å². The first-order chi connectivity index (χ1) is 11.2. The number of halogens is 1. The maximum Gasteiger partial charge on any atom is 0.131 e. The lowest BCUT2D eigenvalue weighted by atomic mass is 10.0. The second-order valence-electron chi connectivity index (χ2n) is 6.31. The Morgan fingerprint density at radius 3 is 2.39 bits per heavy atom. The first kappa shape index (κ1) is 15.9. The highest BCUT2D eigenvalue weighted by Gasteiger charge is 2.08. The number of allylic oxidation sites excluding steroid dienone is 1. The topological polar surface area (TPSA) is 3.24 Å². The van der Waals surface area contributed by atoms with Gasteiger partial charge in [0.25, 0.3) is 0 Å². The summed E-state index contributed by atoms with van der Waals surface area (Å²) < 4.78 is 13.8. The molecular formula is C21H24FN. The fraction of sp³-hybridized carbons (Fsp3) is 0.333. The molecule has 2 aromatic rings. The zero-order valence-corrected chi connectivity index (χ0v) is 13.8. The van der Waals surface area contributed by atoms with Crippen molar-refractivity contribution in [2.45, 2.75) is 26.2 Å². The second kappa shape index (κ2) is 7.56. The second-order valence-corrected chi connectivity index (χ2v) is 6.31. The Hall–Kier alpha value is -1.93. The van der Waals surface area contributed by atoms with Crippen LogP contribution in [0.4, 0.5) is 4.39 Å². The van der Waals surface area contributed by atoms with Crippen LogP contribution in [0.5, 0.6) is 0 Å². The molecule has 0 aromatic heterocycles. The standard InChI is InChI=1S/C21H24FN/c1-17(13-16-23-14-5-2-6-15-23)18-9-11-19(12-10-18)20-7-3-4-8-21(20)22/h3-4,7-13H,2,5-6,14-16H2,1H3. The van der Waals surface area contributed by atoms with Crippen molar-refractivity contribution in [1.29, 1.82) is 0 Å². The van der Waals surface area contributed by atoms with Gasteiger partial charge in [-0.1, -0.05) is 55.0 Å². The average molecular weight is 309 g/mol. The zero-order chi connectivity index (χ0) is 16.1. The van der Waals surface area contributed by atoms with Crippen molar-refractivity contribution >= 4 is 5.57 Å². The molecule has 1 aliphatic rings. The van der Waals surface area contributed by atoms with Gasteiger partial charge >= 0.3 is 0 Å². The highest BCUT2D eigenvalue weighted by Crippen LogP contribution is 2.24. The molecule has 0 saturated carbocycles. The molecule has 0 aliphatic carbocycles. The SMILES string of the molecule is CC(=CCN1CCCCC1)c1ccc(-c2ccccc2F)cc1.